The molecule has 20 heavy (non-hydrogen) atoms. The van der Waals surface area contributed by atoms with Gasteiger partial charge in [-0.2, -0.15) is 0 Å². The quantitative estimate of drug-likeness (QED) is 0.494. The van der Waals surface area contributed by atoms with Crippen LogP contribution in [0.25, 0.3) is 0 Å². The third-order valence-corrected chi connectivity index (χ3v) is 3.15. The molecule has 7 nitrogen and oxygen atoms in total. The van der Waals surface area contributed by atoms with Gasteiger partial charge in [0.1, 0.15) is 0 Å². The molecule has 0 atom stereocenters. The number of benzene rings is 1. The van der Waals surface area contributed by atoms with E-state index >= 15 is 0 Å². The Morgan fingerprint density at radius 1 is 1.35 bits per heavy atom. The van der Waals surface area contributed by atoms with Crippen molar-refractivity contribution in [3.8, 4) is 5.75 Å². The van der Waals surface area contributed by atoms with Gasteiger partial charge in [-0.15, -0.1) is 0 Å². The Kier molecular flexibility index (Phi) is 5.72. The summed E-state index contributed by atoms with van der Waals surface area (Å²) in [5.41, 5.74) is -0.434. The molecule has 0 amide bonds. The van der Waals surface area contributed by atoms with Crippen LogP contribution in [0.2, 0.25) is 0 Å². The number of nitro groups is 1. The lowest BCUT2D eigenvalue weighted by Gasteiger charge is -2.31. The number of nitrogens with zero attached hydrogens (tertiary/aromatic N) is 1. The first-order valence-corrected chi connectivity index (χ1v) is 6.43. The molecule has 1 aromatic carbocycles. The molecule has 0 spiro atoms. The summed E-state index contributed by atoms with van der Waals surface area (Å²) in [6.07, 6.45) is 0.501. The highest BCUT2D eigenvalue weighted by atomic mass is 16.6. The summed E-state index contributed by atoms with van der Waals surface area (Å²) in [5.74, 6) is 0.156. The standard InChI is InChI=1S/C13H20N2O5/c1-3-13(8-16,9-17)14-10-5-6-11(15(18)19)12(7-10)20-4-2/h5-7,14,16-17H,3-4,8-9H2,1-2H3. The van der Waals surface area contributed by atoms with Crippen LogP contribution in [0.4, 0.5) is 11.4 Å². The molecule has 0 saturated carbocycles. The number of hydrogen-bond donors (Lipinski definition) is 3. The van der Waals surface area contributed by atoms with Crippen molar-refractivity contribution >= 4 is 11.4 Å². The summed E-state index contributed by atoms with van der Waals surface area (Å²) in [6, 6.07) is 4.36. The normalized spacial score (nSPS) is 11.2. The topological polar surface area (TPSA) is 105 Å². The minimum absolute atomic E-state index is 0.118. The zero-order valence-electron chi connectivity index (χ0n) is 11.6. The highest BCUT2D eigenvalue weighted by Crippen LogP contribution is 2.31. The largest absolute Gasteiger partial charge is 0.487 e. The number of hydrogen-bond acceptors (Lipinski definition) is 6. The Morgan fingerprint density at radius 3 is 2.45 bits per heavy atom. The molecule has 0 aliphatic heterocycles. The fourth-order valence-corrected chi connectivity index (χ4v) is 1.76. The van der Waals surface area contributed by atoms with Gasteiger partial charge >= 0.3 is 5.69 Å². The molecular weight excluding hydrogens is 264 g/mol. The molecule has 1 aromatic rings. The average Bonchev–Trinajstić information content (AvgIpc) is 2.45. The van der Waals surface area contributed by atoms with Gasteiger partial charge in [0.15, 0.2) is 5.75 Å². The Balaban J connectivity index is 3.08. The van der Waals surface area contributed by atoms with Crippen molar-refractivity contribution in [2.24, 2.45) is 0 Å². The van der Waals surface area contributed by atoms with Crippen LogP contribution in [0.5, 0.6) is 5.75 Å². The maximum atomic E-state index is 10.9. The van der Waals surface area contributed by atoms with E-state index in [9.17, 15) is 20.3 Å². The Labute approximate surface area is 117 Å². The molecule has 0 saturated heterocycles. The van der Waals surface area contributed by atoms with E-state index in [0.29, 0.717) is 18.7 Å². The van der Waals surface area contributed by atoms with Crippen molar-refractivity contribution in [1.82, 2.24) is 0 Å². The van der Waals surface area contributed by atoms with Crippen LogP contribution in [-0.4, -0.2) is 40.5 Å². The van der Waals surface area contributed by atoms with Crippen molar-refractivity contribution < 1.29 is 19.9 Å². The zero-order valence-corrected chi connectivity index (χ0v) is 11.6. The third kappa shape index (κ3) is 3.58. The van der Waals surface area contributed by atoms with Gasteiger partial charge in [0.05, 0.1) is 30.3 Å². The van der Waals surface area contributed by atoms with Gasteiger partial charge in [0, 0.05) is 17.8 Å². The summed E-state index contributed by atoms with van der Waals surface area (Å²) in [7, 11) is 0. The zero-order chi connectivity index (χ0) is 15.2. The highest BCUT2D eigenvalue weighted by Gasteiger charge is 2.27. The molecule has 0 fully saturated rings. The maximum absolute atomic E-state index is 10.9. The Bertz CT molecular complexity index is 452. The van der Waals surface area contributed by atoms with Crippen LogP contribution >= 0.6 is 0 Å². The number of anilines is 1. The highest BCUT2D eigenvalue weighted by molar-refractivity contribution is 5.59. The molecule has 0 aliphatic carbocycles. The summed E-state index contributed by atoms with van der Waals surface area (Å²) in [4.78, 5) is 10.4. The molecule has 1 rings (SSSR count). The molecule has 7 heteroatoms. The van der Waals surface area contributed by atoms with E-state index in [0.717, 1.165) is 0 Å². The fourth-order valence-electron chi connectivity index (χ4n) is 1.76. The molecule has 0 radical (unpaired) electrons. The average molecular weight is 284 g/mol. The van der Waals surface area contributed by atoms with Crippen LogP contribution in [-0.2, 0) is 0 Å². The summed E-state index contributed by atoms with van der Waals surface area (Å²) >= 11 is 0. The second kappa shape index (κ2) is 7.06. The van der Waals surface area contributed by atoms with E-state index in [1.54, 1.807) is 6.92 Å². The van der Waals surface area contributed by atoms with Crippen LogP contribution in [0.1, 0.15) is 20.3 Å². The molecule has 0 heterocycles. The lowest BCUT2D eigenvalue weighted by atomic mass is 9.98. The Morgan fingerprint density at radius 2 is 2.00 bits per heavy atom. The van der Waals surface area contributed by atoms with Crippen molar-refractivity contribution in [1.29, 1.82) is 0 Å². The van der Waals surface area contributed by atoms with Crippen molar-refractivity contribution in [3.63, 3.8) is 0 Å². The fraction of sp³-hybridized carbons (Fsp3) is 0.538. The van der Waals surface area contributed by atoms with Gasteiger partial charge in [-0.3, -0.25) is 10.1 Å². The first-order chi connectivity index (χ1) is 9.51. The van der Waals surface area contributed by atoms with Crippen LogP contribution in [0, 0.1) is 10.1 Å². The van der Waals surface area contributed by atoms with Crippen LogP contribution in [0.15, 0.2) is 18.2 Å². The SMILES string of the molecule is CCOc1cc(NC(CC)(CO)CO)ccc1[N+](=O)[O-]. The summed E-state index contributed by atoms with van der Waals surface area (Å²) in [5, 5.41) is 32.7. The summed E-state index contributed by atoms with van der Waals surface area (Å²) in [6.45, 7) is 3.38. The number of ether oxygens (including phenoxy) is 1. The van der Waals surface area contributed by atoms with Crippen molar-refractivity contribution in [2.45, 2.75) is 25.8 Å². The number of aliphatic hydroxyl groups is 2. The van der Waals surface area contributed by atoms with Gasteiger partial charge in [-0.05, 0) is 19.4 Å². The predicted octanol–water partition coefficient (Wildman–Crippen LogP) is 1.54. The van der Waals surface area contributed by atoms with E-state index in [-0.39, 0.29) is 24.7 Å². The minimum atomic E-state index is -0.861. The third-order valence-electron chi connectivity index (χ3n) is 3.15. The van der Waals surface area contributed by atoms with Gasteiger partial charge < -0.3 is 20.3 Å². The van der Waals surface area contributed by atoms with E-state index in [1.165, 1.54) is 18.2 Å². The van der Waals surface area contributed by atoms with E-state index in [4.69, 9.17) is 4.74 Å². The number of aliphatic hydroxyl groups excluding tert-OH is 2. The first-order valence-electron chi connectivity index (χ1n) is 6.43. The monoisotopic (exact) mass is 284 g/mol. The molecule has 0 bridgehead atoms. The van der Waals surface area contributed by atoms with E-state index in [2.05, 4.69) is 5.32 Å². The molecule has 112 valence electrons. The predicted molar refractivity (Wildman–Crippen MR) is 75.1 cm³/mol. The van der Waals surface area contributed by atoms with E-state index in [1.807, 2.05) is 6.92 Å². The number of nitrogens with one attached hydrogen (secondary N) is 1. The van der Waals surface area contributed by atoms with Gasteiger partial charge in [0.2, 0.25) is 0 Å². The van der Waals surface area contributed by atoms with Crippen LogP contribution < -0.4 is 10.1 Å². The molecule has 3 N–H and O–H groups in total. The number of nitro benzene ring substituents is 1. The molecule has 0 aliphatic rings. The second-order valence-corrected chi connectivity index (χ2v) is 4.45. The van der Waals surface area contributed by atoms with Gasteiger partial charge in [-0.1, -0.05) is 6.92 Å². The lowest BCUT2D eigenvalue weighted by Crippen LogP contribution is -2.45. The maximum Gasteiger partial charge on any atom is 0.311 e. The molecular formula is C13H20N2O5. The van der Waals surface area contributed by atoms with Crippen molar-refractivity contribution in [2.75, 3.05) is 25.1 Å². The summed E-state index contributed by atoms with van der Waals surface area (Å²) < 4.78 is 5.25. The minimum Gasteiger partial charge on any atom is -0.487 e. The first kappa shape index (κ1) is 16.2. The van der Waals surface area contributed by atoms with E-state index < -0.39 is 10.5 Å². The van der Waals surface area contributed by atoms with Gasteiger partial charge in [-0.25, -0.2) is 0 Å². The molecule has 0 unspecified atom stereocenters. The smallest absolute Gasteiger partial charge is 0.311 e. The lowest BCUT2D eigenvalue weighted by molar-refractivity contribution is -0.385. The van der Waals surface area contributed by atoms with Gasteiger partial charge in [0.25, 0.3) is 0 Å². The van der Waals surface area contributed by atoms with Crippen LogP contribution in [0.3, 0.4) is 0 Å². The number of rotatable bonds is 8. The molecule has 0 aromatic heterocycles. The van der Waals surface area contributed by atoms with Crippen molar-refractivity contribution in [3.05, 3.63) is 28.3 Å². The second-order valence-electron chi connectivity index (χ2n) is 4.45. The Hall–Kier alpha value is -1.86.